The van der Waals surface area contributed by atoms with Gasteiger partial charge in [0.1, 0.15) is 5.69 Å². The monoisotopic (exact) mass is 463 g/mol. The number of aromatic amines is 1. The summed E-state index contributed by atoms with van der Waals surface area (Å²) >= 11 is 5.93. The highest BCUT2D eigenvalue weighted by Gasteiger charge is 2.36. The van der Waals surface area contributed by atoms with Gasteiger partial charge >= 0.3 is 6.18 Å². The second kappa shape index (κ2) is 9.30. The number of aromatic nitrogens is 3. The molecular weight excluding hydrogens is 443 g/mol. The molecule has 0 bridgehead atoms. The first-order valence-corrected chi connectivity index (χ1v) is 10.6. The number of piperidine rings is 1. The van der Waals surface area contributed by atoms with E-state index in [0.29, 0.717) is 0 Å². The molecule has 32 heavy (non-hydrogen) atoms. The summed E-state index contributed by atoms with van der Waals surface area (Å²) in [6, 6.07) is 7.80. The highest BCUT2D eigenvalue weighted by molar-refractivity contribution is 6.34. The highest BCUT2D eigenvalue weighted by atomic mass is 35.5. The number of rotatable bonds is 5. The zero-order valence-electron chi connectivity index (χ0n) is 16.9. The van der Waals surface area contributed by atoms with Gasteiger partial charge in [0.2, 0.25) is 0 Å². The van der Waals surface area contributed by atoms with Crippen LogP contribution in [0.1, 0.15) is 46.9 Å². The second-order valence-electron chi connectivity index (χ2n) is 7.64. The van der Waals surface area contributed by atoms with Crippen molar-refractivity contribution in [2.45, 2.75) is 37.5 Å². The van der Waals surface area contributed by atoms with E-state index in [2.05, 4.69) is 25.8 Å². The topological polar surface area (TPSA) is 82.7 Å². The van der Waals surface area contributed by atoms with Crippen LogP contribution in [0.2, 0.25) is 5.02 Å². The van der Waals surface area contributed by atoms with Gasteiger partial charge in [-0.25, -0.2) is 4.98 Å². The van der Waals surface area contributed by atoms with E-state index >= 15 is 0 Å². The Hall–Kier alpha value is -2.91. The van der Waals surface area contributed by atoms with E-state index in [1.54, 1.807) is 12.4 Å². The molecule has 1 unspecified atom stereocenters. The van der Waals surface area contributed by atoms with Crippen molar-refractivity contribution >= 4 is 17.5 Å². The van der Waals surface area contributed by atoms with Gasteiger partial charge in [-0.1, -0.05) is 36.2 Å². The lowest BCUT2D eigenvalue weighted by Gasteiger charge is -2.32. The van der Waals surface area contributed by atoms with E-state index < -0.39 is 34.4 Å². The molecule has 1 amide bonds. The van der Waals surface area contributed by atoms with Crippen LogP contribution in [0.25, 0.3) is 11.1 Å². The fourth-order valence-electron chi connectivity index (χ4n) is 3.93. The van der Waals surface area contributed by atoms with Crippen LogP contribution in [0.15, 0.2) is 48.9 Å². The summed E-state index contributed by atoms with van der Waals surface area (Å²) in [6.07, 6.45) is 2.52. The largest absolute Gasteiger partial charge is 0.417 e. The maximum Gasteiger partial charge on any atom is 0.417 e. The minimum atomic E-state index is -4.68. The Morgan fingerprint density at radius 3 is 2.75 bits per heavy atom. The fraction of sp³-hybridized carbons (Fsp3) is 0.318. The number of benzene rings is 1. The average Bonchev–Trinajstić information content (AvgIpc) is 3.32. The number of amides is 1. The third-order valence-corrected chi connectivity index (χ3v) is 5.91. The van der Waals surface area contributed by atoms with E-state index in [1.165, 1.54) is 0 Å². The number of carbonyl (C=O) groups is 1. The molecule has 2 atom stereocenters. The number of hydrogen-bond acceptors (Lipinski definition) is 4. The molecule has 3 N–H and O–H groups in total. The Morgan fingerprint density at radius 2 is 2.06 bits per heavy atom. The number of hydrogen-bond donors (Lipinski definition) is 3. The van der Waals surface area contributed by atoms with E-state index in [4.69, 9.17) is 11.6 Å². The summed E-state index contributed by atoms with van der Waals surface area (Å²) in [4.78, 5) is 16.8. The predicted octanol–water partition coefficient (Wildman–Crippen LogP) is 4.76. The van der Waals surface area contributed by atoms with Crippen molar-refractivity contribution in [2.75, 3.05) is 6.54 Å². The molecule has 0 radical (unpaired) electrons. The fourth-order valence-corrected chi connectivity index (χ4v) is 4.24. The third kappa shape index (κ3) is 4.78. The molecule has 10 heteroatoms. The Morgan fingerprint density at radius 1 is 1.22 bits per heavy atom. The van der Waals surface area contributed by atoms with Gasteiger partial charge in [-0.15, -0.1) is 0 Å². The molecule has 4 rings (SSSR count). The first kappa shape index (κ1) is 22.3. The Balaban J connectivity index is 1.67. The van der Waals surface area contributed by atoms with Gasteiger partial charge in [-0.2, -0.15) is 18.3 Å². The van der Waals surface area contributed by atoms with Gasteiger partial charge in [0.05, 0.1) is 22.8 Å². The lowest BCUT2D eigenvalue weighted by atomic mass is 9.91. The minimum Gasteiger partial charge on any atom is -0.342 e. The zero-order chi connectivity index (χ0) is 22.7. The molecule has 3 heterocycles. The molecule has 3 aromatic rings. The first-order valence-electron chi connectivity index (χ1n) is 10.2. The molecule has 2 aromatic heterocycles. The van der Waals surface area contributed by atoms with E-state index in [9.17, 15) is 18.0 Å². The molecule has 0 aliphatic carbocycles. The third-order valence-electron chi connectivity index (χ3n) is 5.52. The van der Waals surface area contributed by atoms with Gasteiger partial charge in [-0.05, 0) is 42.6 Å². The summed E-state index contributed by atoms with van der Waals surface area (Å²) in [5.41, 5.74) is 1.07. The Kier molecular flexibility index (Phi) is 6.48. The van der Waals surface area contributed by atoms with Crippen molar-refractivity contribution in [2.24, 2.45) is 0 Å². The molecule has 1 aliphatic heterocycles. The molecule has 0 saturated carbocycles. The lowest BCUT2D eigenvalue weighted by molar-refractivity contribution is -0.137. The number of halogens is 4. The van der Waals surface area contributed by atoms with Crippen molar-refractivity contribution < 1.29 is 18.0 Å². The van der Waals surface area contributed by atoms with Crippen LogP contribution in [0.4, 0.5) is 13.2 Å². The normalized spacial score (nSPS) is 17.7. The minimum absolute atomic E-state index is 0.0862. The van der Waals surface area contributed by atoms with Crippen molar-refractivity contribution in [1.29, 1.82) is 0 Å². The Bertz CT molecular complexity index is 1080. The van der Waals surface area contributed by atoms with Crippen molar-refractivity contribution in [3.63, 3.8) is 0 Å². The van der Waals surface area contributed by atoms with Crippen molar-refractivity contribution in [3.05, 3.63) is 70.8 Å². The second-order valence-corrected chi connectivity index (χ2v) is 8.02. The van der Waals surface area contributed by atoms with E-state index in [0.717, 1.165) is 54.8 Å². The molecule has 1 fully saturated rings. The summed E-state index contributed by atoms with van der Waals surface area (Å²) in [5.74, 6) is -0.757. The average molecular weight is 464 g/mol. The summed E-state index contributed by atoms with van der Waals surface area (Å²) in [5, 5.41) is 12.3. The van der Waals surface area contributed by atoms with Gasteiger partial charge in [0.25, 0.3) is 5.91 Å². The smallest absolute Gasteiger partial charge is 0.342 e. The van der Waals surface area contributed by atoms with E-state index in [-0.39, 0.29) is 6.04 Å². The molecular formula is C22H21ClF3N5O. The van der Waals surface area contributed by atoms with Gasteiger partial charge < -0.3 is 10.6 Å². The highest BCUT2D eigenvalue weighted by Crippen LogP contribution is 2.36. The maximum absolute atomic E-state index is 13.2. The van der Waals surface area contributed by atoms with Crippen LogP contribution >= 0.6 is 11.6 Å². The van der Waals surface area contributed by atoms with Crippen LogP contribution in [-0.2, 0) is 6.18 Å². The van der Waals surface area contributed by atoms with Crippen LogP contribution in [0, 0.1) is 0 Å². The van der Waals surface area contributed by atoms with Crippen molar-refractivity contribution in [1.82, 2.24) is 25.8 Å². The van der Waals surface area contributed by atoms with Crippen LogP contribution in [-0.4, -0.2) is 33.7 Å². The zero-order valence-corrected chi connectivity index (χ0v) is 17.7. The quantitative estimate of drug-likeness (QED) is 0.509. The summed E-state index contributed by atoms with van der Waals surface area (Å²) in [6.45, 7) is 0.793. The first-order chi connectivity index (χ1) is 15.3. The SMILES string of the molecule is O=C(N[C@@H](c1cccc(-c2cn[nH]c2)c1)C1CCCCN1)c1nccc(C(F)(F)F)c1Cl. The molecule has 0 spiro atoms. The van der Waals surface area contributed by atoms with Crippen LogP contribution < -0.4 is 10.6 Å². The number of pyridine rings is 1. The summed E-state index contributed by atoms with van der Waals surface area (Å²) < 4.78 is 39.7. The molecule has 1 aromatic carbocycles. The van der Waals surface area contributed by atoms with Gasteiger partial charge in [0.15, 0.2) is 0 Å². The van der Waals surface area contributed by atoms with Gasteiger partial charge in [0, 0.05) is 24.0 Å². The number of carbonyl (C=O) groups excluding carboxylic acids is 1. The molecule has 168 valence electrons. The summed E-state index contributed by atoms with van der Waals surface area (Å²) in [7, 11) is 0. The molecule has 6 nitrogen and oxygen atoms in total. The van der Waals surface area contributed by atoms with Crippen LogP contribution in [0.3, 0.4) is 0 Å². The van der Waals surface area contributed by atoms with Gasteiger partial charge in [-0.3, -0.25) is 9.89 Å². The number of alkyl halides is 3. The van der Waals surface area contributed by atoms with Crippen LogP contribution in [0.5, 0.6) is 0 Å². The number of H-pyrrole nitrogens is 1. The number of nitrogens with zero attached hydrogens (tertiary/aromatic N) is 2. The van der Waals surface area contributed by atoms with Crippen molar-refractivity contribution in [3.8, 4) is 11.1 Å². The lowest BCUT2D eigenvalue weighted by Crippen LogP contribution is -2.46. The maximum atomic E-state index is 13.2. The standard InChI is InChI=1S/C22H21ClF3N5O/c23-18-16(22(24,25)26)7-9-28-20(18)21(32)31-19(17-6-1-2-8-27-17)14-5-3-4-13(10-14)15-11-29-30-12-15/h3-5,7,9-12,17,19,27H,1-2,6,8H2,(H,29,30)(H,31,32)/t17?,19-/m0/s1. The molecule has 1 aliphatic rings. The Labute approximate surface area is 187 Å². The number of nitrogens with one attached hydrogen (secondary N) is 3. The predicted molar refractivity (Wildman–Crippen MR) is 114 cm³/mol. The molecule has 1 saturated heterocycles. The van der Waals surface area contributed by atoms with E-state index in [1.807, 2.05) is 24.3 Å².